The minimum absolute atomic E-state index is 0.567. The number of likely N-dealkylation sites (N-methyl/N-ethyl adjacent to an activating group) is 1. The van der Waals surface area contributed by atoms with Gasteiger partial charge >= 0.3 is 0 Å². The molecule has 9 nitrogen and oxygen atoms in total. The van der Waals surface area contributed by atoms with Crippen LogP contribution in [0.15, 0.2) is 29.4 Å². The maximum atomic E-state index is 12.5. The predicted octanol–water partition coefficient (Wildman–Crippen LogP) is 0.0757. The van der Waals surface area contributed by atoms with Gasteiger partial charge in [0.25, 0.3) is 5.91 Å². The van der Waals surface area contributed by atoms with Crippen molar-refractivity contribution in [2.45, 2.75) is 37.6 Å². The number of aryl methyl sites for hydroxylation is 1. The van der Waals surface area contributed by atoms with Gasteiger partial charge in [0.1, 0.15) is 18.3 Å². The van der Waals surface area contributed by atoms with Gasteiger partial charge in [0, 0.05) is 17.6 Å². The first-order valence-electron chi connectivity index (χ1n) is 6.95. The van der Waals surface area contributed by atoms with E-state index in [1.54, 1.807) is 12.1 Å². The average Bonchev–Trinajstić information content (AvgIpc) is 2.55. The fraction of sp³-hybridized carbons (Fsp3) is 0.500. The number of ether oxygens (including phenoxy) is 1. The van der Waals surface area contributed by atoms with E-state index in [0.29, 0.717) is 5.69 Å². The van der Waals surface area contributed by atoms with Crippen LogP contribution in [0.5, 0.6) is 0 Å². The average molecular weight is 322 g/mol. The Balaban J connectivity index is 2.22. The van der Waals surface area contributed by atoms with Crippen LogP contribution in [0.2, 0.25) is 0 Å². The molecule has 0 aromatic heterocycles. The number of hydrogen-bond donors (Lipinski definition) is 3. The Labute approximate surface area is 132 Å². The number of azide groups is 1. The lowest BCUT2D eigenvalue weighted by atomic mass is 9.97. The Morgan fingerprint density at radius 3 is 2.39 bits per heavy atom. The van der Waals surface area contributed by atoms with Crippen molar-refractivity contribution in [3.05, 3.63) is 40.3 Å². The Morgan fingerprint density at radius 1 is 1.22 bits per heavy atom. The fourth-order valence-corrected chi connectivity index (χ4v) is 2.30. The van der Waals surface area contributed by atoms with E-state index in [-0.39, 0.29) is 0 Å². The minimum atomic E-state index is -1.67. The summed E-state index contributed by atoms with van der Waals surface area (Å²) in [4.78, 5) is 16.3. The second-order valence-corrected chi connectivity index (χ2v) is 5.36. The molecule has 1 amide bonds. The van der Waals surface area contributed by atoms with Crippen LogP contribution >= 0.6 is 0 Å². The third kappa shape index (κ3) is 3.44. The number of rotatable bonds is 3. The van der Waals surface area contributed by atoms with Gasteiger partial charge in [0.05, 0.1) is 0 Å². The number of hydrogen-bond acceptors (Lipinski definition) is 6. The number of nitrogens with zero attached hydrogens (tertiary/aromatic N) is 4. The highest BCUT2D eigenvalue weighted by atomic mass is 16.6. The van der Waals surface area contributed by atoms with Crippen molar-refractivity contribution in [3.8, 4) is 0 Å². The summed E-state index contributed by atoms with van der Waals surface area (Å²) >= 11 is 0. The summed E-state index contributed by atoms with van der Waals surface area (Å²) < 4.78 is 5.18. The molecule has 23 heavy (non-hydrogen) atoms. The Morgan fingerprint density at radius 2 is 1.83 bits per heavy atom. The van der Waals surface area contributed by atoms with Crippen molar-refractivity contribution >= 4 is 11.6 Å². The quantitative estimate of drug-likeness (QED) is 0.411. The molecule has 0 aliphatic carbocycles. The molecule has 2 rings (SSSR count). The van der Waals surface area contributed by atoms with E-state index in [2.05, 4.69) is 10.0 Å². The van der Waals surface area contributed by atoms with Gasteiger partial charge in [-0.05, 0) is 24.6 Å². The number of aliphatic hydroxyl groups is 3. The molecule has 0 radical (unpaired) electrons. The Bertz CT molecular complexity index is 616. The molecule has 1 unspecified atom stereocenters. The van der Waals surface area contributed by atoms with Crippen molar-refractivity contribution in [1.82, 2.24) is 0 Å². The van der Waals surface area contributed by atoms with E-state index in [1.807, 2.05) is 19.1 Å². The summed E-state index contributed by atoms with van der Waals surface area (Å²) in [6.45, 7) is 1.90. The maximum absolute atomic E-state index is 12.5. The van der Waals surface area contributed by atoms with Gasteiger partial charge in [-0.1, -0.05) is 22.8 Å². The molecule has 9 heteroatoms. The molecule has 1 fully saturated rings. The summed E-state index contributed by atoms with van der Waals surface area (Å²) in [5.74, 6) is -0.634. The zero-order valence-corrected chi connectivity index (χ0v) is 12.6. The lowest BCUT2D eigenvalue weighted by molar-refractivity contribution is -0.217. The van der Waals surface area contributed by atoms with Crippen LogP contribution in [-0.4, -0.2) is 58.9 Å². The van der Waals surface area contributed by atoms with Gasteiger partial charge < -0.3 is 25.0 Å². The highest BCUT2D eigenvalue weighted by molar-refractivity contribution is 5.96. The summed E-state index contributed by atoms with van der Waals surface area (Å²) in [5, 5.41) is 32.7. The van der Waals surface area contributed by atoms with Crippen LogP contribution in [0, 0.1) is 6.92 Å². The second-order valence-electron chi connectivity index (χ2n) is 5.36. The zero-order chi connectivity index (χ0) is 17.1. The second kappa shape index (κ2) is 6.95. The molecule has 1 aromatic carbocycles. The van der Waals surface area contributed by atoms with E-state index < -0.39 is 36.6 Å². The van der Waals surface area contributed by atoms with Crippen LogP contribution in [0.4, 0.5) is 5.69 Å². The van der Waals surface area contributed by atoms with Gasteiger partial charge in [0.2, 0.25) is 0 Å². The predicted molar refractivity (Wildman–Crippen MR) is 80.4 cm³/mol. The van der Waals surface area contributed by atoms with E-state index in [0.717, 1.165) is 5.56 Å². The van der Waals surface area contributed by atoms with Crippen LogP contribution in [0.25, 0.3) is 10.4 Å². The lowest BCUT2D eigenvalue weighted by Gasteiger charge is -2.39. The molecule has 5 atom stereocenters. The molecule has 0 spiro atoms. The molecule has 1 heterocycles. The van der Waals surface area contributed by atoms with Crippen molar-refractivity contribution in [2.24, 2.45) is 5.11 Å². The SMILES string of the molecule is Cc1ccc(N(C)C(=O)[C@H]2OC(N=[N+]=[N-])[C@H](O)[C@@H](O)[C@@H]2O)cc1. The third-order valence-electron chi connectivity index (χ3n) is 3.75. The first-order valence-corrected chi connectivity index (χ1v) is 6.95. The normalized spacial score (nSPS) is 30.4. The number of benzene rings is 1. The third-order valence-corrected chi connectivity index (χ3v) is 3.75. The number of amides is 1. The van der Waals surface area contributed by atoms with Gasteiger partial charge in [-0.15, -0.1) is 0 Å². The van der Waals surface area contributed by atoms with Crippen molar-refractivity contribution in [3.63, 3.8) is 0 Å². The van der Waals surface area contributed by atoms with Crippen LogP contribution in [-0.2, 0) is 9.53 Å². The zero-order valence-electron chi connectivity index (χ0n) is 12.6. The van der Waals surface area contributed by atoms with Crippen molar-refractivity contribution in [2.75, 3.05) is 11.9 Å². The fourth-order valence-electron chi connectivity index (χ4n) is 2.30. The van der Waals surface area contributed by atoms with Crippen LogP contribution < -0.4 is 4.90 Å². The van der Waals surface area contributed by atoms with Gasteiger partial charge in [-0.2, -0.15) is 0 Å². The van der Waals surface area contributed by atoms with Gasteiger partial charge in [-0.25, -0.2) is 0 Å². The largest absolute Gasteiger partial charge is 0.387 e. The molecule has 0 bridgehead atoms. The van der Waals surface area contributed by atoms with Gasteiger partial charge in [0.15, 0.2) is 12.3 Å². The molecular weight excluding hydrogens is 304 g/mol. The maximum Gasteiger partial charge on any atom is 0.258 e. The number of carbonyl (C=O) groups is 1. The molecule has 1 aliphatic heterocycles. The molecule has 0 saturated carbocycles. The Kier molecular flexibility index (Phi) is 5.19. The molecule has 3 N–H and O–H groups in total. The first kappa shape index (κ1) is 17.2. The molecule has 1 saturated heterocycles. The monoisotopic (exact) mass is 322 g/mol. The first-order chi connectivity index (χ1) is 10.9. The van der Waals surface area contributed by atoms with Crippen molar-refractivity contribution < 1.29 is 24.9 Å². The van der Waals surface area contributed by atoms with E-state index in [4.69, 9.17) is 10.3 Å². The topological polar surface area (TPSA) is 139 Å². The molecule has 124 valence electrons. The highest BCUT2D eigenvalue weighted by Gasteiger charge is 2.47. The number of aliphatic hydroxyl groups excluding tert-OH is 3. The smallest absolute Gasteiger partial charge is 0.258 e. The summed E-state index contributed by atoms with van der Waals surface area (Å²) in [6.07, 6.45) is -7.85. The molecule has 1 aromatic rings. The summed E-state index contributed by atoms with van der Waals surface area (Å²) in [5.41, 5.74) is 10.0. The van der Waals surface area contributed by atoms with E-state index in [1.165, 1.54) is 11.9 Å². The summed E-state index contributed by atoms with van der Waals surface area (Å²) in [6, 6.07) is 7.08. The van der Waals surface area contributed by atoms with Crippen LogP contribution in [0.3, 0.4) is 0 Å². The van der Waals surface area contributed by atoms with E-state index >= 15 is 0 Å². The minimum Gasteiger partial charge on any atom is -0.387 e. The molecular formula is C14H18N4O5. The number of carbonyl (C=O) groups excluding carboxylic acids is 1. The number of anilines is 1. The summed E-state index contributed by atoms with van der Waals surface area (Å²) in [7, 11) is 1.49. The highest BCUT2D eigenvalue weighted by Crippen LogP contribution is 2.25. The van der Waals surface area contributed by atoms with Crippen molar-refractivity contribution in [1.29, 1.82) is 0 Å². The van der Waals surface area contributed by atoms with Gasteiger partial charge in [-0.3, -0.25) is 4.79 Å². The standard InChI is InChI=1S/C14H18N4O5/c1-7-3-5-8(6-4-7)18(2)14(22)12-10(20)9(19)11(21)13(23-12)16-17-15/h3-6,9-13,19-21H,1-2H3/t9-,10-,11+,12-,13?/m0/s1. The molecule has 1 aliphatic rings. The lowest BCUT2D eigenvalue weighted by Crippen LogP contribution is -2.61. The van der Waals surface area contributed by atoms with Crippen LogP contribution in [0.1, 0.15) is 5.56 Å². The Hall–Kier alpha value is -2.16. The van der Waals surface area contributed by atoms with E-state index in [9.17, 15) is 20.1 Å².